The Hall–Kier alpha value is -2.96. The fourth-order valence-corrected chi connectivity index (χ4v) is 2.02. The van der Waals surface area contributed by atoms with Crippen LogP contribution in [0.5, 0.6) is 0 Å². The van der Waals surface area contributed by atoms with Crippen LogP contribution in [0, 0.1) is 15.9 Å². The summed E-state index contributed by atoms with van der Waals surface area (Å²) in [4.78, 5) is 22.8. The molecule has 0 aliphatic carbocycles. The van der Waals surface area contributed by atoms with E-state index in [0.29, 0.717) is 0 Å². The molecule has 0 fully saturated rings. The molecule has 6 nitrogen and oxygen atoms in total. The number of carboxylic acid groups (broad SMARTS) is 1. The topological polar surface area (TPSA) is 83.7 Å². The van der Waals surface area contributed by atoms with Crippen molar-refractivity contribution >= 4 is 23.0 Å². The second-order valence-corrected chi connectivity index (χ2v) is 4.25. The van der Waals surface area contributed by atoms with Gasteiger partial charge < -0.3 is 10.0 Å². The van der Waals surface area contributed by atoms with Gasteiger partial charge in [-0.15, -0.1) is 0 Å². The minimum Gasteiger partial charge on any atom is -0.477 e. The fraction of sp³-hybridized carbons (Fsp3) is 0.0714. The van der Waals surface area contributed by atoms with E-state index in [1.807, 2.05) is 0 Å². The Balaban J connectivity index is 2.64. The van der Waals surface area contributed by atoms with Crippen molar-refractivity contribution in [3.8, 4) is 0 Å². The highest BCUT2D eigenvalue weighted by molar-refractivity contribution is 5.96. The molecule has 0 atom stereocenters. The van der Waals surface area contributed by atoms with Gasteiger partial charge in [0.2, 0.25) is 0 Å². The van der Waals surface area contributed by atoms with E-state index >= 15 is 0 Å². The monoisotopic (exact) mass is 290 g/mol. The molecule has 2 aromatic carbocycles. The summed E-state index contributed by atoms with van der Waals surface area (Å²) in [6, 6.07) is 9.64. The van der Waals surface area contributed by atoms with Gasteiger partial charge in [-0.05, 0) is 24.3 Å². The number of aromatic carboxylic acids is 1. The summed E-state index contributed by atoms with van der Waals surface area (Å²) in [5.74, 6) is -1.97. The Kier molecular flexibility index (Phi) is 3.84. The number of nitrogens with zero attached hydrogens (tertiary/aromatic N) is 2. The number of carbonyl (C=O) groups is 1. The Morgan fingerprint density at radius 2 is 1.81 bits per heavy atom. The first-order valence-electron chi connectivity index (χ1n) is 5.92. The van der Waals surface area contributed by atoms with Crippen molar-refractivity contribution in [3.63, 3.8) is 0 Å². The molecule has 0 unspecified atom stereocenters. The van der Waals surface area contributed by atoms with E-state index in [9.17, 15) is 19.3 Å². The smallest absolute Gasteiger partial charge is 0.342 e. The zero-order chi connectivity index (χ0) is 15.6. The van der Waals surface area contributed by atoms with Crippen LogP contribution in [-0.4, -0.2) is 23.0 Å². The molecule has 0 bridgehead atoms. The average Bonchev–Trinajstić information content (AvgIpc) is 2.46. The molecule has 0 aromatic heterocycles. The van der Waals surface area contributed by atoms with E-state index in [1.165, 1.54) is 42.3 Å². The number of hydrogen-bond donors (Lipinski definition) is 1. The zero-order valence-electron chi connectivity index (χ0n) is 11.0. The number of hydrogen-bond acceptors (Lipinski definition) is 4. The SMILES string of the molecule is CN(c1ccccc1F)c1cccc(C(=O)O)c1[N+](=O)[O-]. The number of anilines is 2. The lowest BCUT2D eigenvalue weighted by atomic mass is 10.1. The third-order valence-corrected chi connectivity index (χ3v) is 3.00. The van der Waals surface area contributed by atoms with Crippen molar-refractivity contribution in [2.45, 2.75) is 0 Å². The van der Waals surface area contributed by atoms with Gasteiger partial charge in [0.1, 0.15) is 17.1 Å². The van der Waals surface area contributed by atoms with Crippen molar-refractivity contribution in [2.75, 3.05) is 11.9 Å². The molecule has 0 aliphatic rings. The van der Waals surface area contributed by atoms with Crippen LogP contribution in [0.4, 0.5) is 21.5 Å². The van der Waals surface area contributed by atoms with E-state index in [1.54, 1.807) is 6.07 Å². The van der Waals surface area contributed by atoms with Gasteiger partial charge in [0.05, 0.1) is 10.6 Å². The Morgan fingerprint density at radius 1 is 1.19 bits per heavy atom. The minimum atomic E-state index is -1.41. The van der Waals surface area contributed by atoms with E-state index in [4.69, 9.17) is 5.11 Å². The van der Waals surface area contributed by atoms with Crippen LogP contribution < -0.4 is 4.90 Å². The Bertz CT molecular complexity index is 718. The molecule has 2 rings (SSSR count). The van der Waals surface area contributed by atoms with E-state index in [-0.39, 0.29) is 11.4 Å². The lowest BCUT2D eigenvalue weighted by Crippen LogP contribution is -2.15. The molecule has 0 amide bonds. The van der Waals surface area contributed by atoms with Gasteiger partial charge in [-0.2, -0.15) is 0 Å². The lowest BCUT2D eigenvalue weighted by molar-refractivity contribution is -0.384. The van der Waals surface area contributed by atoms with Crippen molar-refractivity contribution in [3.05, 3.63) is 64.0 Å². The first-order chi connectivity index (χ1) is 9.93. The van der Waals surface area contributed by atoms with Gasteiger partial charge in [-0.3, -0.25) is 10.1 Å². The van der Waals surface area contributed by atoms with Gasteiger partial charge in [0.15, 0.2) is 0 Å². The highest BCUT2D eigenvalue weighted by Crippen LogP contribution is 2.35. The maximum absolute atomic E-state index is 13.8. The summed E-state index contributed by atoms with van der Waals surface area (Å²) in [5.41, 5.74) is -0.899. The molecular weight excluding hydrogens is 279 g/mol. The third kappa shape index (κ3) is 2.66. The number of rotatable bonds is 4. The van der Waals surface area contributed by atoms with Gasteiger partial charge in [-0.25, -0.2) is 9.18 Å². The summed E-state index contributed by atoms with van der Waals surface area (Å²) in [7, 11) is 1.44. The standard InChI is InChI=1S/C14H11FN2O4/c1-16(11-7-3-2-6-10(11)15)12-8-4-5-9(14(18)19)13(12)17(20)21/h2-8H,1H3,(H,18,19). The summed E-state index contributed by atoms with van der Waals surface area (Å²) in [6.45, 7) is 0. The highest BCUT2D eigenvalue weighted by Gasteiger charge is 2.27. The van der Waals surface area contributed by atoms with Crippen LogP contribution in [0.25, 0.3) is 0 Å². The van der Waals surface area contributed by atoms with Crippen molar-refractivity contribution < 1.29 is 19.2 Å². The van der Waals surface area contributed by atoms with Crippen LogP contribution in [0.3, 0.4) is 0 Å². The van der Waals surface area contributed by atoms with Gasteiger partial charge in [0, 0.05) is 7.05 Å². The average molecular weight is 290 g/mol. The summed E-state index contributed by atoms with van der Waals surface area (Å²) < 4.78 is 13.8. The zero-order valence-corrected chi connectivity index (χ0v) is 11.0. The Morgan fingerprint density at radius 3 is 2.38 bits per heavy atom. The molecule has 21 heavy (non-hydrogen) atoms. The molecule has 1 N–H and O–H groups in total. The second kappa shape index (κ2) is 5.58. The number of nitro benzene ring substituents is 1. The molecule has 0 spiro atoms. The van der Waals surface area contributed by atoms with Crippen LogP contribution in [0.1, 0.15) is 10.4 Å². The first kappa shape index (κ1) is 14.4. The minimum absolute atomic E-state index is 0.00463. The summed E-state index contributed by atoms with van der Waals surface area (Å²) in [6.07, 6.45) is 0. The van der Waals surface area contributed by atoms with Crippen LogP contribution in [-0.2, 0) is 0 Å². The van der Waals surface area contributed by atoms with E-state index < -0.39 is 28.0 Å². The predicted molar refractivity (Wildman–Crippen MR) is 74.5 cm³/mol. The predicted octanol–water partition coefficient (Wildman–Crippen LogP) is 3.20. The van der Waals surface area contributed by atoms with Crippen molar-refractivity contribution in [2.24, 2.45) is 0 Å². The fourth-order valence-electron chi connectivity index (χ4n) is 2.02. The van der Waals surface area contributed by atoms with Crippen LogP contribution in [0.15, 0.2) is 42.5 Å². The highest BCUT2D eigenvalue weighted by atomic mass is 19.1. The molecule has 0 radical (unpaired) electrons. The van der Waals surface area contributed by atoms with Crippen molar-refractivity contribution in [1.29, 1.82) is 0 Å². The molecule has 0 aliphatic heterocycles. The van der Waals surface area contributed by atoms with Crippen LogP contribution >= 0.6 is 0 Å². The number of benzene rings is 2. The number of para-hydroxylation sites is 2. The van der Waals surface area contributed by atoms with E-state index in [0.717, 1.165) is 6.07 Å². The van der Waals surface area contributed by atoms with Gasteiger partial charge in [-0.1, -0.05) is 18.2 Å². The second-order valence-electron chi connectivity index (χ2n) is 4.25. The number of halogens is 1. The van der Waals surface area contributed by atoms with Gasteiger partial charge >= 0.3 is 11.7 Å². The third-order valence-electron chi connectivity index (χ3n) is 3.00. The van der Waals surface area contributed by atoms with E-state index in [2.05, 4.69) is 0 Å². The largest absolute Gasteiger partial charge is 0.477 e. The maximum Gasteiger partial charge on any atom is 0.342 e. The van der Waals surface area contributed by atoms with Crippen molar-refractivity contribution in [1.82, 2.24) is 0 Å². The van der Waals surface area contributed by atoms with Gasteiger partial charge in [0.25, 0.3) is 0 Å². The molecule has 2 aromatic rings. The molecule has 0 saturated carbocycles. The summed E-state index contributed by atoms with van der Waals surface area (Å²) >= 11 is 0. The lowest BCUT2D eigenvalue weighted by Gasteiger charge is -2.20. The molecular formula is C14H11FN2O4. The molecule has 0 heterocycles. The first-order valence-corrected chi connectivity index (χ1v) is 5.92. The van der Waals surface area contributed by atoms with Crippen LogP contribution in [0.2, 0.25) is 0 Å². The number of nitro groups is 1. The normalized spacial score (nSPS) is 10.2. The maximum atomic E-state index is 13.8. The summed E-state index contributed by atoms with van der Waals surface area (Å²) in [5, 5.41) is 20.2. The Labute approximate surface area is 119 Å². The molecule has 0 saturated heterocycles. The number of carboxylic acids is 1. The quantitative estimate of drug-likeness (QED) is 0.690. The molecule has 7 heteroatoms. The molecule has 108 valence electrons.